The maximum absolute atomic E-state index is 5.76. The van der Waals surface area contributed by atoms with Crippen LogP contribution in [-0.4, -0.2) is 19.1 Å². The Kier molecular flexibility index (Phi) is 2.47. The van der Waals surface area contributed by atoms with Crippen LogP contribution in [0.5, 0.6) is 0 Å². The fourth-order valence-corrected chi connectivity index (χ4v) is 1.90. The predicted molar refractivity (Wildman–Crippen MR) is 65.3 cm³/mol. The van der Waals surface area contributed by atoms with Crippen LogP contribution in [0.15, 0.2) is 24.3 Å². The lowest BCUT2D eigenvalue weighted by Gasteiger charge is -2.39. The first-order chi connectivity index (χ1) is 6.97. The highest BCUT2D eigenvalue weighted by molar-refractivity contribution is 5.51. The van der Waals surface area contributed by atoms with E-state index >= 15 is 0 Å². The van der Waals surface area contributed by atoms with E-state index in [2.05, 4.69) is 49.9 Å². The number of nitrogens with zero attached hydrogens (tertiary/aromatic N) is 1. The van der Waals surface area contributed by atoms with Crippen LogP contribution in [0, 0.1) is 0 Å². The van der Waals surface area contributed by atoms with Crippen LogP contribution in [0.25, 0.3) is 0 Å². The smallest absolute Gasteiger partial charge is 0.0395 e. The summed E-state index contributed by atoms with van der Waals surface area (Å²) in [6.07, 6.45) is 0. The van der Waals surface area contributed by atoms with Gasteiger partial charge in [-0.25, -0.2) is 0 Å². The Morgan fingerprint density at radius 3 is 2.07 bits per heavy atom. The van der Waals surface area contributed by atoms with Gasteiger partial charge in [-0.3, -0.25) is 0 Å². The molecule has 2 nitrogen and oxygen atoms in total. The maximum Gasteiger partial charge on any atom is 0.0395 e. The summed E-state index contributed by atoms with van der Waals surface area (Å²) in [4.78, 5) is 2.32. The summed E-state index contributed by atoms with van der Waals surface area (Å²) in [6.45, 7) is 8.70. The molecule has 82 valence electrons. The van der Waals surface area contributed by atoms with Crippen molar-refractivity contribution in [3.05, 3.63) is 29.8 Å². The second kappa shape index (κ2) is 3.53. The molecule has 2 N–H and O–H groups in total. The van der Waals surface area contributed by atoms with Crippen LogP contribution in [0.3, 0.4) is 0 Å². The van der Waals surface area contributed by atoms with Gasteiger partial charge in [0.15, 0.2) is 0 Å². The first-order valence-corrected chi connectivity index (χ1v) is 5.58. The molecule has 2 rings (SSSR count). The van der Waals surface area contributed by atoms with Crippen molar-refractivity contribution in [3.8, 4) is 0 Å². The highest BCUT2D eigenvalue weighted by atomic mass is 15.2. The summed E-state index contributed by atoms with van der Waals surface area (Å²) in [7, 11) is 0. The quantitative estimate of drug-likeness (QED) is 0.759. The van der Waals surface area contributed by atoms with E-state index in [-0.39, 0.29) is 5.41 Å². The van der Waals surface area contributed by atoms with Crippen molar-refractivity contribution in [2.75, 3.05) is 18.0 Å². The summed E-state index contributed by atoms with van der Waals surface area (Å²) in [6, 6.07) is 9.21. The molecule has 0 amide bonds. The number of hydrogen-bond donors (Lipinski definition) is 1. The van der Waals surface area contributed by atoms with E-state index in [0.717, 1.165) is 13.1 Å². The maximum atomic E-state index is 5.76. The van der Waals surface area contributed by atoms with Gasteiger partial charge in [0, 0.05) is 24.8 Å². The number of rotatable bonds is 1. The van der Waals surface area contributed by atoms with E-state index in [0.29, 0.717) is 6.04 Å². The van der Waals surface area contributed by atoms with Gasteiger partial charge in [-0.05, 0) is 23.1 Å². The lowest BCUT2D eigenvalue weighted by Crippen LogP contribution is -2.55. The monoisotopic (exact) mass is 204 g/mol. The highest BCUT2D eigenvalue weighted by Gasteiger charge is 2.23. The Bertz CT molecular complexity index is 329. The third-order valence-electron chi connectivity index (χ3n) is 3.01. The van der Waals surface area contributed by atoms with Gasteiger partial charge in [0.05, 0.1) is 0 Å². The van der Waals surface area contributed by atoms with Crippen molar-refractivity contribution in [2.45, 2.75) is 32.2 Å². The van der Waals surface area contributed by atoms with Crippen molar-refractivity contribution < 1.29 is 0 Å². The molecule has 0 spiro atoms. The molecular weight excluding hydrogens is 184 g/mol. The van der Waals surface area contributed by atoms with Gasteiger partial charge in [-0.2, -0.15) is 0 Å². The van der Waals surface area contributed by atoms with Crippen molar-refractivity contribution in [3.63, 3.8) is 0 Å². The van der Waals surface area contributed by atoms with Crippen molar-refractivity contribution in [1.29, 1.82) is 0 Å². The van der Waals surface area contributed by atoms with Gasteiger partial charge in [-0.15, -0.1) is 0 Å². The molecule has 0 saturated carbocycles. The number of benzene rings is 1. The van der Waals surface area contributed by atoms with Gasteiger partial charge < -0.3 is 10.6 Å². The van der Waals surface area contributed by atoms with Crippen LogP contribution < -0.4 is 10.6 Å². The Morgan fingerprint density at radius 1 is 1.13 bits per heavy atom. The molecule has 0 aliphatic carbocycles. The average molecular weight is 204 g/mol. The van der Waals surface area contributed by atoms with E-state index in [4.69, 9.17) is 5.73 Å². The van der Waals surface area contributed by atoms with E-state index in [1.54, 1.807) is 0 Å². The van der Waals surface area contributed by atoms with Crippen molar-refractivity contribution >= 4 is 5.69 Å². The summed E-state index contributed by atoms with van der Waals surface area (Å²) < 4.78 is 0. The molecule has 1 fully saturated rings. The molecular formula is C13H20N2. The molecule has 1 aliphatic rings. The molecule has 0 aromatic heterocycles. The number of hydrogen-bond acceptors (Lipinski definition) is 2. The minimum Gasteiger partial charge on any atom is -0.368 e. The minimum absolute atomic E-state index is 0.240. The number of nitrogens with two attached hydrogens (primary N) is 1. The zero-order valence-corrected chi connectivity index (χ0v) is 9.83. The highest BCUT2D eigenvalue weighted by Crippen LogP contribution is 2.26. The van der Waals surface area contributed by atoms with Gasteiger partial charge >= 0.3 is 0 Å². The standard InChI is InChI=1S/C13H20N2/c1-13(2,3)10-4-6-12(7-5-10)15-8-11(14)9-15/h4-7,11H,8-9,14H2,1-3H3. The molecule has 0 bridgehead atoms. The largest absolute Gasteiger partial charge is 0.368 e. The molecule has 15 heavy (non-hydrogen) atoms. The van der Waals surface area contributed by atoms with Crippen LogP contribution in [0.4, 0.5) is 5.69 Å². The Balaban J connectivity index is 2.11. The number of anilines is 1. The van der Waals surface area contributed by atoms with Crippen LogP contribution in [-0.2, 0) is 5.41 Å². The van der Waals surface area contributed by atoms with E-state index < -0.39 is 0 Å². The molecule has 2 heteroatoms. The summed E-state index contributed by atoms with van der Waals surface area (Å²) >= 11 is 0. The van der Waals surface area contributed by atoms with Gasteiger partial charge in [0.1, 0.15) is 0 Å². The van der Waals surface area contributed by atoms with E-state index in [1.807, 2.05) is 0 Å². The zero-order chi connectivity index (χ0) is 11.1. The molecule has 1 aromatic rings. The first kappa shape index (κ1) is 10.5. The Labute approximate surface area is 92.1 Å². The normalized spacial score (nSPS) is 17.7. The molecule has 1 heterocycles. The first-order valence-electron chi connectivity index (χ1n) is 5.58. The molecule has 0 atom stereocenters. The van der Waals surface area contributed by atoms with Crippen LogP contribution in [0.2, 0.25) is 0 Å². The molecule has 1 saturated heterocycles. The SMILES string of the molecule is CC(C)(C)c1ccc(N2CC(N)C2)cc1. The fourth-order valence-electron chi connectivity index (χ4n) is 1.90. The van der Waals surface area contributed by atoms with Crippen LogP contribution in [0.1, 0.15) is 26.3 Å². The summed E-state index contributed by atoms with van der Waals surface area (Å²) in [5, 5.41) is 0. The van der Waals surface area contributed by atoms with Gasteiger partial charge in [-0.1, -0.05) is 32.9 Å². The van der Waals surface area contributed by atoms with Crippen molar-refractivity contribution in [1.82, 2.24) is 0 Å². The zero-order valence-electron chi connectivity index (χ0n) is 9.83. The second-order valence-corrected chi connectivity index (χ2v) is 5.46. The summed E-state index contributed by atoms with van der Waals surface area (Å²) in [5.41, 5.74) is 8.68. The van der Waals surface area contributed by atoms with Gasteiger partial charge in [0.25, 0.3) is 0 Å². The molecule has 1 aliphatic heterocycles. The third-order valence-corrected chi connectivity index (χ3v) is 3.01. The van der Waals surface area contributed by atoms with Crippen LogP contribution >= 0.6 is 0 Å². The lowest BCUT2D eigenvalue weighted by molar-refractivity contribution is 0.519. The van der Waals surface area contributed by atoms with Crippen molar-refractivity contribution in [2.24, 2.45) is 5.73 Å². The lowest BCUT2D eigenvalue weighted by atomic mass is 9.87. The van der Waals surface area contributed by atoms with Gasteiger partial charge in [0.2, 0.25) is 0 Å². The molecule has 0 unspecified atom stereocenters. The van der Waals surface area contributed by atoms with E-state index in [1.165, 1.54) is 11.3 Å². The summed E-state index contributed by atoms with van der Waals surface area (Å²) in [5.74, 6) is 0. The third kappa shape index (κ3) is 2.15. The average Bonchev–Trinajstić information content (AvgIpc) is 2.12. The Hall–Kier alpha value is -1.02. The predicted octanol–water partition coefficient (Wildman–Crippen LogP) is 2.13. The topological polar surface area (TPSA) is 29.3 Å². The van der Waals surface area contributed by atoms with E-state index in [9.17, 15) is 0 Å². The minimum atomic E-state index is 0.240. The molecule has 0 radical (unpaired) electrons. The second-order valence-electron chi connectivity index (χ2n) is 5.46. The fraction of sp³-hybridized carbons (Fsp3) is 0.538. The Morgan fingerprint density at radius 2 is 1.67 bits per heavy atom. The molecule has 1 aromatic carbocycles.